The van der Waals surface area contributed by atoms with Crippen molar-refractivity contribution in [2.45, 2.75) is 19.4 Å². The van der Waals surface area contributed by atoms with Gasteiger partial charge in [-0.1, -0.05) is 30.3 Å². The molecule has 0 spiro atoms. The number of carbonyl (C=O) groups excluding carboxylic acids is 2. The Kier molecular flexibility index (Phi) is 12.0. The van der Waals surface area contributed by atoms with Gasteiger partial charge in [0.05, 0.1) is 5.69 Å². The van der Waals surface area contributed by atoms with Crippen molar-refractivity contribution >= 4 is 29.2 Å². The van der Waals surface area contributed by atoms with Gasteiger partial charge >= 0.3 is 5.97 Å². The molecule has 49 heavy (non-hydrogen) atoms. The van der Waals surface area contributed by atoms with Crippen molar-refractivity contribution in [3.8, 4) is 113 Å². The molecule has 0 aliphatic carbocycles. The zero-order valence-corrected chi connectivity index (χ0v) is 25.7. The highest BCUT2D eigenvalue weighted by Gasteiger charge is 2.38. The molecule has 2 amide bonds. The van der Waals surface area contributed by atoms with E-state index >= 15 is 0 Å². The van der Waals surface area contributed by atoms with Crippen molar-refractivity contribution in [2.75, 3.05) is 16.8 Å². The molecule has 0 radical (unpaired) electrons. The largest absolute Gasteiger partial charge is 0.476 e. The van der Waals surface area contributed by atoms with Crippen molar-refractivity contribution in [1.82, 2.24) is 9.78 Å². The summed E-state index contributed by atoms with van der Waals surface area (Å²) in [6.45, 7) is 1.92. The summed E-state index contributed by atoms with van der Waals surface area (Å²) in [6, 6.07) is 13.6. The minimum Gasteiger partial charge on any atom is -0.476 e. The summed E-state index contributed by atoms with van der Waals surface area (Å²) >= 11 is 0. The molecule has 2 N–H and O–H groups in total. The molecule has 0 bridgehead atoms. The molecule has 2 aromatic carbocycles. The van der Waals surface area contributed by atoms with Crippen LogP contribution in [0, 0.1) is 114 Å². The highest BCUT2D eigenvalue weighted by molar-refractivity contribution is 6.14. The second kappa shape index (κ2) is 17.4. The fraction of sp³-hybridized carbons (Fsp3) is 0.100. The van der Waals surface area contributed by atoms with Crippen LogP contribution >= 0.6 is 0 Å². The zero-order chi connectivity index (χ0) is 34.8. The van der Waals surface area contributed by atoms with Crippen LogP contribution in [0.2, 0.25) is 0 Å². The number of aromatic nitrogens is 2. The Morgan fingerprint density at radius 2 is 1.41 bits per heavy atom. The molecule has 0 fully saturated rings. The smallest absolute Gasteiger partial charge is 0.356 e. The summed E-state index contributed by atoms with van der Waals surface area (Å²) in [5.41, 5.74) is 1.86. The van der Waals surface area contributed by atoms with E-state index in [0.29, 0.717) is 24.3 Å². The molecule has 1 unspecified atom stereocenters. The molecule has 1 aliphatic heterocycles. The summed E-state index contributed by atoms with van der Waals surface area (Å²) in [4.78, 5) is 40.9. The highest BCUT2D eigenvalue weighted by Crippen LogP contribution is 2.31. The SMILES string of the molecule is C#CC#CC#CC#CC#CC#CC#CC#CC#COc1ccccc1NC(=O)C(C(=O)N1CCc2ccccc21)n1nc(C(=O)O)cc1C. The number of ether oxygens (including phenoxy) is 1. The number of aromatic carboxylic acids is 1. The Hall–Kier alpha value is -8.10. The molecule has 1 atom stereocenters. The molecule has 2 heterocycles. The summed E-state index contributed by atoms with van der Waals surface area (Å²) in [5.74, 6) is 36.7. The number of rotatable bonds is 6. The first-order valence-corrected chi connectivity index (χ1v) is 14.1. The maximum absolute atomic E-state index is 13.9. The van der Waals surface area contributed by atoms with E-state index < -0.39 is 23.8 Å². The number of benzene rings is 2. The molecular weight excluding hydrogens is 616 g/mol. The number of anilines is 2. The Morgan fingerprint density at radius 3 is 2.02 bits per heavy atom. The molecule has 1 aromatic heterocycles. The number of para-hydroxylation sites is 3. The van der Waals surface area contributed by atoms with E-state index in [4.69, 9.17) is 11.2 Å². The topological polar surface area (TPSA) is 114 Å². The van der Waals surface area contributed by atoms with Crippen LogP contribution in [-0.4, -0.2) is 39.2 Å². The van der Waals surface area contributed by atoms with E-state index in [9.17, 15) is 19.5 Å². The summed E-state index contributed by atoms with van der Waals surface area (Å²) in [6.07, 6.45) is 7.99. The van der Waals surface area contributed by atoms with Crippen molar-refractivity contribution in [1.29, 1.82) is 0 Å². The predicted molar refractivity (Wildman–Crippen MR) is 182 cm³/mol. The second-order valence-electron chi connectivity index (χ2n) is 9.40. The third-order valence-corrected chi connectivity index (χ3v) is 6.33. The lowest BCUT2D eigenvalue weighted by Crippen LogP contribution is -2.43. The summed E-state index contributed by atoms with van der Waals surface area (Å²) in [5, 5.41) is 16.3. The predicted octanol–water partition coefficient (Wildman–Crippen LogP) is 2.66. The third kappa shape index (κ3) is 9.44. The Morgan fingerprint density at radius 1 is 0.837 bits per heavy atom. The summed E-state index contributed by atoms with van der Waals surface area (Å²) in [7, 11) is 0. The molecule has 0 saturated carbocycles. The van der Waals surface area contributed by atoms with Crippen LogP contribution < -0.4 is 15.0 Å². The second-order valence-corrected chi connectivity index (χ2v) is 9.40. The average molecular weight is 637 g/mol. The van der Waals surface area contributed by atoms with E-state index in [0.717, 1.165) is 10.2 Å². The zero-order valence-electron chi connectivity index (χ0n) is 25.7. The van der Waals surface area contributed by atoms with Crippen LogP contribution in [0.5, 0.6) is 5.75 Å². The third-order valence-electron chi connectivity index (χ3n) is 6.33. The van der Waals surface area contributed by atoms with Crippen molar-refractivity contribution in [3.63, 3.8) is 0 Å². The Labute approximate surface area is 283 Å². The molecule has 9 nitrogen and oxygen atoms in total. The van der Waals surface area contributed by atoms with E-state index in [-0.39, 0.29) is 17.1 Å². The first kappa shape index (κ1) is 33.8. The van der Waals surface area contributed by atoms with E-state index in [2.05, 4.69) is 111 Å². The molecule has 1 aliphatic rings. The number of terminal acetylenes is 1. The molecule has 0 saturated heterocycles. The number of nitrogens with zero attached hydrogens (tertiary/aromatic N) is 3. The first-order valence-electron chi connectivity index (χ1n) is 14.1. The fourth-order valence-corrected chi connectivity index (χ4v) is 4.30. The van der Waals surface area contributed by atoms with Gasteiger partial charge < -0.3 is 20.1 Å². The maximum Gasteiger partial charge on any atom is 0.356 e. The molecule has 230 valence electrons. The van der Waals surface area contributed by atoms with Gasteiger partial charge in [-0.2, -0.15) is 5.10 Å². The van der Waals surface area contributed by atoms with Crippen molar-refractivity contribution in [3.05, 3.63) is 71.5 Å². The van der Waals surface area contributed by atoms with E-state index in [1.54, 1.807) is 43.3 Å². The number of carboxylic acids is 1. The lowest BCUT2D eigenvalue weighted by Gasteiger charge is -2.25. The quantitative estimate of drug-likeness (QED) is 0.318. The fourth-order valence-electron chi connectivity index (χ4n) is 4.30. The van der Waals surface area contributed by atoms with Crippen molar-refractivity contribution in [2.24, 2.45) is 0 Å². The van der Waals surface area contributed by atoms with Gasteiger partial charge in [0.15, 0.2) is 11.4 Å². The lowest BCUT2D eigenvalue weighted by molar-refractivity contribution is -0.130. The molecule has 3 aromatic rings. The average Bonchev–Trinajstić information content (AvgIpc) is 3.71. The summed E-state index contributed by atoms with van der Waals surface area (Å²) < 4.78 is 6.62. The van der Waals surface area contributed by atoms with Gasteiger partial charge in [-0.15, -0.1) is 6.42 Å². The number of hydrogen-bond acceptors (Lipinski definition) is 5. The van der Waals surface area contributed by atoms with Gasteiger partial charge in [0.1, 0.15) is 6.11 Å². The molecule has 4 rings (SSSR count). The number of fused-ring (bicyclic) bond motifs is 1. The number of carbonyl (C=O) groups is 3. The van der Waals surface area contributed by atoms with Gasteiger partial charge in [-0.05, 0) is 90.5 Å². The molecular formula is C40H20N4O5. The van der Waals surface area contributed by atoms with E-state index in [1.165, 1.54) is 11.0 Å². The Balaban J connectivity index is 1.46. The normalized spacial score (nSPS) is 10.1. The number of amides is 2. The van der Waals surface area contributed by atoms with E-state index in [1.807, 2.05) is 12.1 Å². The van der Waals surface area contributed by atoms with Crippen LogP contribution in [0.3, 0.4) is 0 Å². The minimum atomic E-state index is -1.52. The number of nitrogens with one attached hydrogen (secondary N) is 1. The van der Waals surface area contributed by atoms with Gasteiger partial charge in [0, 0.05) is 65.3 Å². The van der Waals surface area contributed by atoms with Crippen molar-refractivity contribution < 1.29 is 24.2 Å². The van der Waals surface area contributed by atoms with Gasteiger partial charge in [-0.25, -0.2) is 9.48 Å². The number of carboxylic acid groups (broad SMARTS) is 1. The van der Waals surface area contributed by atoms with Gasteiger partial charge in [-0.3, -0.25) is 9.59 Å². The standard InChI is InChI=1S/C40H20N4O5/c1-3-4-5-6-7-8-9-10-11-12-13-14-15-16-17-22-29-49-36-26-21-19-24-33(36)41-38(45)37(44-31(2)30-34(42-44)40(47)48)39(46)43-28-27-32-23-18-20-25-35(32)43/h1,18-21,23-26,30,37H,27-28H2,2H3,(H,41,45)(H,47,48). The van der Waals surface area contributed by atoms with Crippen LogP contribution in [0.15, 0.2) is 54.6 Å². The van der Waals surface area contributed by atoms with Crippen LogP contribution in [-0.2, 0) is 16.0 Å². The highest BCUT2D eigenvalue weighted by atomic mass is 16.5. The lowest BCUT2D eigenvalue weighted by atomic mass is 10.1. The number of aryl methyl sites for hydroxylation is 1. The van der Waals surface area contributed by atoms with Crippen LogP contribution in [0.1, 0.15) is 27.8 Å². The van der Waals surface area contributed by atoms with Gasteiger partial charge in [0.25, 0.3) is 11.8 Å². The Bertz CT molecular complexity index is 2410. The number of hydrogen-bond donors (Lipinski definition) is 2. The first-order chi connectivity index (χ1) is 23.9. The minimum absolute atomic E-state index is 0.177. The van der Waals surface area contributed by atoms with Crippen LogP contribution in [0.25, 0.3) is 0 Å². The monoisotopic (exact) mass is 636 g/mol. The van der Waals surface area contributed by atoms with Gasteiger partial charge in [0.2, 0.25) is 6.04 Å². The van der Waals surface area contributed by atoms with Crippen LogP contribution in [0.4, 0.5) is 11.4 Å². The maximum atomic E-state index is 13.9. The molecule has 9 heteroatoms.